The van der Waals surface area contributed by atoms with E-state index in [-0.39, 0.29) is 5.91 Å². The Morgan fingerprint density at radius 3 is 2.65 bits per heavy atom. The van der Waals surface area contributed by atoms with Gasteiger partial charge in [0.2, 0.25) is 0 Å². The number of aryl methyl sites for hydroxylation is 1. The molecule has 0 aliphatic heterocycles. The highest BCUT2D eigenvalue weighted by Gasteiger charge is 2.13. The predicted molar refractivity (Wildman–Crippen MR) is 61.0 cm³/mol. The fourth-order valence-electron chi connectivity index (χ4n) is 1.47. The summed E-state index contributed by atoms with van der Waals surface area (Å²) in [7, 11) is 3.47. The predicted octanol–water partition coefficient (Wildman–Crippen LogP) is 0.482. The maximum absolute atomic E-state index is 12.0. The Balaban J connectivity index is 2.09. The van der Waals surface area contributed by atoms with Gasteiger partial charge in [-0.25, -0.2) is 4.68 Å². The molecule has 0 atom stereocenters. The molecule has 17 heavy (non-hydrogen) atoms. The second-order valence-electron chi connectivity index (χ2n) is 3.75. The first-order chi connectivity index (χ1) is 8.18. The number of amides is 1. The lowest BCUT2D eigenvalue weighted by molar-refractivity contribution is 0.0780. The van der Waals surface area contributed by atoms with E-state index in [0.29, 0.717) is 17.9 Å². The molecular weight excluding hydrogens is 218 g/mol. The Kier molecular flexibility index (Phi) is 3.13. The summed E-state index contributed by atoms with van der Waals surface area (Å²) in [6.45, 7) is 0.386. The summed E-state index contributed by atoms with van der Waals surface area (Å²) in [5.41, 5.74) is 0.658. The van der Waals surface area contributed by atoms with Gasteiger partial charge in [0.05, 0.1) is 6.54 Å². The fraction of sp³-hybridized carbons (Fsp3) is 0.273. The van der Waals surface area contributed by atoms with E-state index >= 15 is 0 Å². The minimum atomic E-state index is -0.0476. The standard InChI is InChI=1S/C11H13N5O/c1-15(8-10-12-13-14-16(10)2)11(17)9-6-4-3-5-7-9/h3-7H,8H2,1-2H3. The summed E-state index contributed by atoms with van der Waals surface area (Å²) >= 11 is 0. The van der Waals surface area contributed by atoms with Crippen molar-refractivity contribution in [2.75, 3.05) is 7.05 Å². The summed E-state index contributed by atoms with van der Waals surface area (Å²) in [4.78, 5) is 13.6. The zero-order valence-corrected chi connectivity index (χ0v) is 9.74. The Bertz CT molecular complexity index is 508. The van der Waals surface area contributed by atoms with E-state index in [1.807, 2.05) is 18.2 Å². The van der Waals surface area contributed by atoms with Crippen molar-refractivity contribution in [2.45, 2.75) is 6.54 Å². The second kappa shape index (κ2) is 4.73. The molecule has 2 aromatic rings. The van der Waals surface area contributed by atoms with E-state index in [2.05, 4.69) is 15.5 Å². The minimum Gasteiger partial charge on any atom is -0.334 e. The highest BCUT2D eigenvalue weighted by molar-refractivity contribution is 5.93. The molecule has 1 amide bonds. The van der Waals surface area contributed by atoms with Crippen LogP contribution in [0.4, 0.5) is 0 Å². The largest absolute Gasteiger partial charge is 0.334 e. The van der Waals surface area contributed by atoms with Gasteiger partial charge in [-0.2, -0.15) is 0 Å². The molecule has 0 spiro atoms. The molecule has 0 N–H and O–H groups in total. The lowest BCUT2D eigenvalue weighted by atomic mass is 10.2. The van der Waals surface area contributed by atoms with Gasteiger partial charge in [0.25, 0.3) is 5.91 Å². The van der Waals surface area contributed by atoms with Crippen molar-refractivity contribution in [3.8, 4) is 0 Å². The van der Waals surface area contributed by atoms with Crippen molar-refractivity contribution in [1.29, 1.82) is 0 Å². The summed E-state index contributed by atoms with van der Waals surface area (Å²) in [5.74, 6) is 0.602. The van der Waals surface area contributed by atoms with Crippen LogP contribution in [0.2, 0.25) is 0 Å². The van der Waals surface area contributed by atoms with Crippen LogP contribution in [-0.2, 0) is 13.6 Å². The van der Waals surface area contributed by atoms with Gasteiger partial charge < -0.3 is 4.90 Å². The smallest absolute Gasteiger partial charge is 0.254 e. The van der Waals surface area contributed by atoms with Crippen molar-refractivity contribution in [3.63, 3.8) is 0 Å². The van der Waals surface area contributed by atoms with Crippen LogP contribution in [0.25, 0.3) is 0 Å². The van der Waals surface area contributed by atoms with Gasteiger partial charge >= 0.3 is 0 Å². The number of carbonyl (C=O) groups excluding carboxylic acids is 1. The van der Waals surface area contributed by atoms with E-state index in [1.54, 1.807) is 35.8 Å². The fourth-order valence-corrected chi connectivity index (χ4v) is 1.47. The summed E-state index contributed by atoms with van der Waals surface area (Å²) < 4.78 is 1.55. The van der Waals surface area contributed by atoms with Crippen LogP contribution in [-0.4, -0.2) is 38.1 Å². The molecule has 0 unspecified atom stereocenters. The van der Waals surface area contributed by atoms with Crippen molar-refractivity contribution in [2.24, 2.45) is 7.05 Å². The quantitative estimate of drug-likeness (QED) is 0.770. The first-order valence-corrected chi connectivity index (χ1v) is 5.20. The lowest BCUT2D eigenvalue weighted by Crippen LogP contribution is -2.27. The van der Waals surface area contributed by atoms with Gasteiger partial charge in [0.1, 0.15) is 0 Å². The average molecular weight is 231 g/mol. The van der Waals surface area contributed by atoms with Gasteiger partial charge in [-0.15, -0.1) is 5.10 Å². The Morgan fingerprint density at radius 1 is 1.35 bits per heavy atom. The molecule has 6 nitrogen and oxygen atoms in total. The SMILES string of the molecule is CN(Cc1nnnn1C)C(=O)c1ccccc1. The third-order valence-electron chi connectivity index (χ3n) is 2.45. The Hall–Kier alpha value is -2.24. The van der Waals surface area contributed by atoms with Crippen LogP contribution in [0, 0.1) is 0 Å². The van der Waals surface area contributed by atoms with E-state index in [1.165, 1.54) is 0 Å². The van der Waals surface area contributed by atoms with Crippen molar-refractivity contribution >= 4 is 5.91 Å². The van der Waals surface area contributed by atoms with Crippen LogP contribution in [0.15, 0.2) is 30.3 Å². The number of hydrogen-bond acceptors (Lipinski definition) is 4. The summed E-state index contributed by atoms with van der Waals surface area (Å²) in [5, 5.41) is 11.1. The van der Waals surface area contributed by atoms with E-state index < -0.39 is 0 Å². The Morgan fingerprint density at radius 2 is 2.06 bits per heavy atom. The van der Waals surface area contributed by atoms with Crippen LogP contribution in [0.5, 0.6) is 0 Å². The van der Waals surface area contributed by atoms with E-state index in [4.69, 9.17) is 0 Å². The van der Waals surface area contributed by atoms with Gasteiger partial charge in [0.15, 0.2) is 5.82 Å². The monoisotopic (exact) mass is 231 g/mol. The maximum atomic E-state index is 12.0. The number of tetrazole rings is 1. The van der Waals surface area contributed by atoms with Crippen LogP contribution in [0.1, 0.15) is 16.2 Å². The molecule has 6 heteroatoms. The molecule has 1 aromatic carbocycles. The number of benzene rings is 1. The van der Waals surface area contributed by atoms with Gasteiger partial charge in [-0.3, -0.25) is 4.79 Å². The van der Waals surface area contributed by atoms with Crippen molar-refractivity contribution < 1.29 is 4.79 Å². The number of carbonyl (C=O) groups is 1. The topological polar surface area (TPSA) is 63.9 Å². The first-order valence-electron chi connectivity index (χ1n) is 5.20. The zero-order valence-electron chi connectivity index (χ0n) is 9.74. The molecule has 0 radical (unpaired) electrons. The highest BCUT2D eigenvalue weighted by Crippen LogP contribution is 2.05. The zero-order chi connectivity index (χ0) is 12.3. The molecule has 2 rings (SSSR count). The van der Waals surface area contributed by atoms with Crippen molar-refractivity contribution in [1.82, 2.24) is 25.1 Å². The second-order valence-corrected chi connectivity index (χ2v) is 3.75. The molecule has 1 heterocycles. The lowest BCUT2D eigenvalue weighted by Gasteiger charge is -2.15. The van der Waals surface area contributed by atoms with Crippen LogP contribution >= 0.6 is 0 Å². The molecule has 0 saturated heterocycles. The van der Waals surface area contributed by atoms with E-state index in [9.17, 15) is 4.79 Å². The van der Waals surface area contributed by atoms with Crippen LogP contribution in [0.3, 0.4) is 0 Å². The first kappa shape index (κ1) is 11.3. The van der Waals surface area contributed by atoms with Gasteiger partial charge in [0, 0.05) is 19.7 Å². The molecule has 0 bridgehead atoms. The molecule has 88 valence electrons. The third-order valence-corrected chi connectivity index (χ3v) is 2.45. The van der Waals surface area contributed by atoms with Gasteiger partial charge in [-0.1, -0.05) is 18.2 Å². The molecule has 0 fully saturated rings. The highest BCUT2D eigenvalue weighted by atomic mass is 16.2. The summed E-state index contributed by atoms with van der Waals surface area (Å²) in [6, 6.07) is 9.13. The minimum absolute atomic E-state index is 0.0476. The Labute approximate surface area is 98.9 Å². The molecule has 0 aliphatic carbocycles. The third kappa shape index (κ3) is 2.47. The summed E-state index contributed by atoms with van der Waals surface area (Å²) in [6.07, 6.45) is 0. The van der Waals surface area contributed by atoms with Crippen LogP contribution < -0.4 is 0 Å². The number of nitrogens with zero attached hydrogens (tertiary/aromatic N) is 5. The molecule has 1 aromatic heterocycles. The number of aromatic nitrogens is 4. The van der Waals surface area contributed by atoms with Gasteiger partial charge in [-0.05, 0) is 22.6 Å². The van der Waals surface area contributed by atoms with Crippen molar-refractivity contribution in [3.05, 3.63) is 41.7 Å². The number of rotatable bonds is 3. The number of hydrogen-bond donors (Lipinski definition) is 0. The normalized spacial score (nSPS) is 10.2. The molecule has 0 aliphatic rings. The maximum Gasteiger partial charge on any atom is 0.254 e. The molecular formula is C11H13N5O. The van der Waals surface area contributed by atoms with E-state index in [0.717, 1.165) is 0 Å². The molecule has 0 saturated carbocycles. The average Bonchev–Trinajstić information content (AvgIpc) is 2.75.